The van der Waals surface area contributed by atoms with E-state index in [1.807, 2.05) is 42.5 Å². The number of hydrogen-bond donors (Lipinski definition) is 0. The molecule has 2 aromatic carbocycles. The van der Waals surface area contributed by atoms with E-state index in [9.17, 15) is 9.59 Å². The molecule has 0 saturated heterocycles. The van der Waals surface area contributed by atoms with Gasteiger partial charge in [-0.3, -0.25) is 4.79 Å². The first-order valence-corrected chi connectivity index (χ1v) is 9.67. The molecule has 0 spiro atoms. The van der Waals surface area contributed by atoms with E-state index in [2.05, 4.69) is 15.9 Å². The number of benzene rings is 2. The first-order chi connectivity index (χ1) is 12.9. The van der Waals surface area contributed by atoms with Gasteiger partial charge in [0.25, 0.3) is 0 Å². The lowest BCUT2D eigenvalue weighted by molar-refractivity contribution is -0.138. The number of allylic oxidation sites excluding steroid dienone is 1. The van der Waals surface area contributed by atoms with Crippen molar-refractivity contribution >= 4 is 39.4 Å². The maximum absolute atomic E-state index is 12.9. The number of nitrogens with zero attached hydrogens (tertiary/aromatic N) is 1. The van der Waals surface area contributed by atoms with Crippen LogP contribution in [-0.4, -0.2) is 23.9 Å². The summed E-state index contributed by atoms with van der Waals surface area (Å²) in [5, 5.41) is 0.533. The van der Waals surface area contributed by atoms with Crippen LogP contribution in [0, 0.1) is 0 Å². The second-order valence-corrected chi connectivity index (χ2v) is 7.70. The molecule has 140 valence electrons. The molecule has 1 aliphatic rings. The topological polar surface area (TPSA) is 46.6 Å². The van der Waals surface area contributed by atoms with E-state index in [4.69, 9.17) is 16.3 Å². The van der Waals surface area contributed by atoms with Gasteiger partial charge in [0.15, 0.2) is 0 Å². The molecule has 6 heteroatoms. The third kappa shape index (κ3) is 4.09. The van der Waals surface area contributed by atoms with Gasteiger partial charge in [-0.1, -0.05) is 57.9 Å². The molecule has 0 unspecified atom stereocenters. The summed E-state index contributed by atoms with van der Waals surface area (Å²) < 4.78 is 5.99. The highest BCUT2D eigenvalue weighted by atomic mass is 79.9. The zero-order valence-corrected chi connectivity index (χ0v) is 17.4. The van der Waals surface area contributed by atoms with Crippen LogP contribution in [0.5, 0.6) is 0 Å². The van der Waals surface area contributed by atoms with Crippen molar-refractivity contribution in [2.24, 2.45) is 0 Å². The summed E-state index contributed by atoms with van der Waals surface area (Å²) in [5.74, 6) is -0.904. The Morgan fingerprint density at radius 1 is 1.22 bits per heavy atom. The van der Waals surface area contributed by atoms with E-state index < -0.39 is 11.9 Å². The van der Waals surface area contributed by atoms with E-state index in [1.165, 1.54) is 7.11 Å². The Hall–Kier alpha value is -2.11. The van der Waals surface area contributed by atoms with Crippen LogP contribution in [-0.2, 0) is 20.9 Å². The van der Waals surface area contributed by atoms with Crippen LogP contribution < -0.4 is 0 Å². The normalized spacial score (nSPS) is 17.3. The Kier molecular flexibility index (Phi) is 6.02. The number of carbonyl (C=O) groups is 2. The molecule has 0 saturated carbocycles. The molecule has 0 aromatic heterocycles. The zero-order valence-electron chi connectivity index (χ0n) is 15.0. The van der Waals surface area contributed by atoms with Crippen molar-refractivity contribution in [2.75, 3.05) is 7.11 Å². The lowest BCUT2D eigenvalue weighted by atomic mass is 9.83. The van der Waals surface area contributed by atoms with Gasteiger partial charge in [-0.15, -0.1) is 0 Å². The average Bonchev–Trinajstić information content (AvgIpc) is 2.66. The third-order valence-corrected chi connectivity index (χ3v) is 5.64. The first kappa shape index (κ1) is 19.6. The van der Waals surface area contributed by atoms with E-state index in [1.54, 1.807) is 17.9 Å². The Labute approximate surface area is 171 Å². The highest BCUT2D eigenvalue weighted by Crippen LogP contribution is 2.40. The molecule has 2 aromatic rings. The van der Waals surface area contributed by atoms with Gasteiger partial charge in [0, 0.05) is 27.5 Å². The number of hydrogen-bond acceptors (Lipinski definition) is 3. The number of halogens is 2. The fraction of sp³-hybridized carbons (Fsp3) is 0.238. The van der Waals surface area contributed by atoms with Crippen molar-refractivity contribution in [2.45, 2.75) is 25.8 Å². The second kappa shape index (κ2) is 8.28. The van der Waals surface area contributed by atoms with Gasteiger partial charge >= 0.3 is 5.97 Å². The van der Waals surface area contributed by atoms with Gasteiger partial charge in [-0.25, -0.2) is 4.79 Å². The fourth-order valence-electron chi connectivity index (χ4n) is 3.37. The van der Waals surface area contributed by atoms with E-state index >= 15 is 0 Å². The van der Waals surface area contributed by atoms with Crippen molar-refractivity contribution in [1.29, 1.82) is 0 Å². The molecule has 0 radical (unpaired) electrons. The molecular formula is C21H19BrClNO3. The molecule has 0 aliphatic carbocycles. The smallest absolute Gasteiger partial charge is 0.336 e. The molecule has 1 heterocycles. The SMILES string of the molecule is COC(=O)C1=C(C)N(Cc2ccc(Br)cc2)C(=O)C[C@H]1c1ccccc1Cl. The number of carbonyl (C=O) groups excluding carboxylic acids is 2. The van der Waals surface area contributed by atoms with Crippen LogP contribution in [0.25, 0.3) is 0 Å². The van der Waals surface area contributed by atoms with Gasteiger partial charge in [0.2, 0.25) is 5.91 Å². The van der Waals surface area contributed by atoms with Crippen LogP contribution in [0.1, 0.15) is 30.4 Å². The van der Waals surface area contributed by atoms with Crippen molar-refractivity contribution in [3.8, 4) is 0 Å². The number of amides is 1. The maximum atomic E-state index is 12.9. The van der Waals surface area contributed by atoms with E-state index in [-0.39, 0.29) is 12.3 Å². The van der Waals surface area contributed by atoms with Crippen molar-refractivity contribution in [3.05, 3.63) is 80.4 Å². The van der Waals surface area contributed by atoms with E-state index in [0.717, 1.165) is 15.6 Å². The molecule has 1 aliphatic heterocycles. The summed E-state index contributed by atoms with van der Waals surface area (Å²) in [6, 6.07) is 15.0. The molecule has 1 amide bonds. The van der Waals surface area contributed by atoms with Crippen molar-refractivity contribution in [1.82, 2.24) is 4.90 Å². The summed E-state index contributed by atoms with van der Waals surface area (Å²) in [6.45, 7) is 2.18. The first-order valence-electron chi connectivity index (χ1n) is 8.50. The van der Waals surface area contributed by atoms with E-state index in [0.29, 0.717) is 22.8 Å². The minimum Gasteiger partial charge on any atom is -0.466 e. The zero-order chi connectivity index (χ0) is 19.6. The van der Waals surface area contributed by atoms with Crippen LogP contribution >= 0.6 is 27.5 Å². The van der Waals surface area contributed by atoms with Gasteiger partial charge in [0.1, 0.15) is 0 Å². The highest BCUT2D eigenvalue weighted by Gasteiger charge is 2.37. The third-order valence-electron chi connectivity index (χ3n) is 4.76. The minimum absolute atomic E-state index is 0.0482. The quantitative estimate of drug-likeness (QED) is 0.614. The van der Waals surface area contributed by atoms with Gasteiger partial charge in [-0.05, 0) is 36.2 Å². The van der Waals surface area contributed by atoms with Crippen LogP contribution in [0.15, 0.2) is 64.3 Å². The highest BCUT2D eigenvalue weighted by molar-refractivity contribution is 9.10. The fourth-order valence-corrected chi connectivity index (χ4v) is 3.91. The predicted octanol–water partition coefficient (Wildman–Crippen LogP) is 5.07. The summed E-state index contributed by atoms with van der Waals surface area (Å²) in [5.41, 5.74) is 2.81. The number of methoxy groups -OCH3 is 1. The summed E-state index contributed by atoms with van der Waals surface area (Å²) in [6.07, 6.45) is 0.169. The van der Waals surface area contributed by atoms with Crippen molar-refractivity contribution < 1.29 is 14.3 Å². The monoisotopic (exact) mass is 447 g/mol. The summed E-state index contributed by atoms with van der Waals surface area (Å²) in [4.78, 5) is 27.1. The number of ether oxygens (including phenoxy) is 1. The van der Waals surface area contributed by atoms with Gasteiger partial charge in [0.05, 0.1) is 19.2 Å². The maximum Gasteiger partial charge on any atom is 0.336 e. The molecule has 4 nitrogen and oxygen atoms in total. The molecular weight excluding hydrogens is 430 g/mol. The molecule has 0 bridgehead atoms. The minimum atomic E-state index is -0.439. The molecule has 0 fully saturated rings. The Balaban J connectivity index is 2.03. The molecule has 0 N–H and O–H groups in total. The molecule has 1 atom stereocenters. The van der Waals surface area contributed by atoms with Gasteiger partial charge in [-0.2, -0.15) is 0 Å². The Morgan fingerprint density at radius 3 is 2.52 bits per heavy atom. The lowest BCUT2D eigenvalue weighted by Gasteiger charge is -2.34. The lowest BCUT2D eigenvalue weighted by Crippen LogP contribution is -2.38. The number of rotatable bonds is 4. The predicted molar refractivity (Wildman–Crippen MR) is 108 cm³/mol. The molecule has 27 heavy (non-hydrogen) atoms. The Morgan fingerprint density at radius 2 is 1.89 bits per heavy atom. The van der Waals surface area contributed by atoms with Crippen LogP contribution in [0.2, 0.25) is 5.02 Å². The standard InChI is InChI=1S/C21H19BrClNO3/c1-13-20(21(26)27-2)17(16-5-3-4-6-18(16)23)11-19(25)24(13)12-14-7-9-15(22)10-8-14/h3-10,17H,11-12H2,1-2H3/t17-/m0/s1. The Bertz CT molecular complexity index is 908. The number of esters is 1. The second-order valence-electron chi connectivity index (χ2n) is 6.38. The van der Waals surface area contributed by atoms with Crippen LogP contribution in [0.3, 0.4) is 0 Å². The average molecular weight is 449 g/mol. The summed E-state index contributed by atoms with van der Waals surface area (Å²) >= 11 is 9.75. The molecule has 3 rings (SSSR count). The summed E-state index contributed by atoms with van der Waals surface area (Å²) in [7, 11) is 1.35. The van der Waals surface area contributed by atoms with Crippen molar-refractivity contribution in [3.63, 3.8) is 0 Å². The van der Waals surface area contributed by atoms with Crippen LogP contribution in [0.4, 0.5) is 0 Å². The van der Waals surface area contributed by atoms with Gasteiger partial charge < -0.3 is 9.64 Å². The largest absolute Gasteiger partial charge is 0.466 e.